The van der Waals surface area contributed by atoms with E-state index in [0.29, 0.717) is 28.2 Å². The van der Waals surface area contributed by atoms with Gasteiger partial charge >= 0.3 is 0 Å². The molecule has 0 radical (unpaired) electrons. The number of anilines is 1. The number of carbonyl (C=O) groups excluding carboxylic acids is 1. The van der Waals surface area contributed by atoms with Gasteiger partial charge in [-0.25, -0.2) is 4.98 Å². The average molecular weight is 411 g/mol. The molecule has 6 nitrogen and oxygen atoms in total. The molecule has 0 spiro atoms. The number of rotatable bonds is 4. The van der Waals surface area contributed by atoms with Gasteiger partial charge < -0.3 is 10.3 Å². The van der Waals surface area contributed by atoms with E-state index < -0.39 is 11.8 Å². The first-order chi connectivity index (χ1) is 13.8. The van der Waals surface area contributed by atoms with Crippen molar-refractivity contribution in [2.24, 2.45) is 11.3 Å². The molecule has 0 bridgehead atoms. The third kappa shape index (κ3) is 3.75. The van der Waals surface area contributed by atoms with Crippen molar-refractivity contribution < 1.29 is 4.79 Å². The van der Waals surface area contributed by atoms with Crippen LogP contribution >= 0.6 is 11.8 Å². The van der Waals surface area contributed by atoms with Crippen molar-refractivity contribution >= 4 is 23.4 Å². The van der Waals surface area contributed by atoms with Crippen LogP contribution in [0.15, 0.2) is 46.3 Å². The van der Waals surface area contributed by atoms with Crippen LogP contribution in [0.3, 0.4) is 0 Å². The number of hydrogen-bond donors (Lipinski definition) is 2. The summed E-state index contributed by atoms with van der Waals surface area (Å²) >= 11 is 1.55. The van der Waals surface area contributed by atoms with Gasteiger partial charge in [0.25, 0.3) is 5.56 Å². The highest BCUT2D eigenvalue weighted by molar-refractivity contribution is 7.99. The van der Waals surface area contributed by atoms with Crippen molar-refractivity contribution in [2.45, 2.75) is 56.9 Å². The minimum absolute atomic E-state index is 0.136. The minimum atomic E-state index is -0.421. The van der Waals surface area contributed by atoms with E-state index in [0.717, 1.165) is 17.7 Å². The first kappa shape index (κ1) is 19.9. The maximum Gasteiger partial charge on any atom is 0.257 e. The maximum atomic E-state index is 13.2. The Morgan fingerprint density at radius 3 is 2.79 bits per heavy atom. The molecule has 3 atom stereocenters. The third-order valence-electron chi connectivity index (χ3n) is 5.63. The van der Waals surface area contributed by atoms with E-state index in [4.69, 9.17) is 4.98 Å². The Balaban J connectivity index is 1.90. The molecule has 2 aliphatic rings. The molecular weight excluding hydrogens is 384 g/mol. The number of hydrogen-bond acceptors (Lipinski definition) is 6. The number of thioether (sulfide) groups is 1. The third-order valence-corrected chi connectivity index (χ3v) is 6.78. The molecule has 7 heteroatoms. The Bertz CT molecular complexity index is 1030. The summed E-state index contributed by atoms with van der Waals surface area (Å²) in [6, 6.07) is 3.77. The number of carbonyl (C=O) groups is 1. The van der Waals surface area contributed by atoms with Crippen LogP contribution in [0.2, 0.25) is 0 Å². The highest BCUT2D eigenvalue weighted by atomic mass is 32.2. The molecule has 0 saturated carbocycles. The molecule has 0 unspecified atom stereocenters. The van der Waals surface area contributed by atoms with Gasteiger partial charge in [-0.3, -0.25) is 14.6 Å². The van der Waals surface area contributed by atoms with Gasteiger partial charge in [0.2, 0.25) is 0 Å². The predicted molar refractivity (Wildman–Crippen MR) is 115 cm³/mol. The second-order valence-electron chi connectivity index (χ2n) is 8.57. The number of Topliss-reactive ketones (excluding diaryl/α,β-unsaturated/α-hetero) is 1. The van der Waals surface area contributed by atoms with Crippen LogP contribution in [0, 0.1) is 11.3 Å². The Labute approximate surface area is 174 Å². The maximum absolute atomic E-state index is 13.2. The zero-order chi connectivity index (χ0) is 20.8. The van der Waals surface area contributed by atoms with Crippen LogP contribution in [0.5, 0.6) is 0 Å². The standard InChI is InChI=1S/C22H26N4O2S/c1-5-12(2)29-21-25-19-18(20(28)26-21)16(13-7-6-8-23-11-13)17-14(24-19)9-22(3,4)10-15(17)27/h6-9,11-12,16-17H,5,10H2,1-4H3,(H2,24,25,26,28)/t12-,16+,17+/m1/s1. The molecule has 2 aromatic heterocycles. The number of aromatic amines is 1. The summed E-state index contributed by atoms with van der Waals surface area (Å²) in [6.07, 6.45) is 6.99. The van der Waals surface area contributed by atoms with E-state index in [9.17, 15) is 9.59 Å². The quantitative estimate of drug-likeness (QED) is 0.582. The van der Waals surface area contributed by atoms with Crippen molar-refractivity contribution in [1.82, 2.24) is 15.0 Å². The Morgan fingerprint density at radius 1 is 1.31 bits per heavy atom. The fraction of sp³-hybridized carbons (Fsp3) is 0.455. The average Bonchev–Trinajstić information content (AvgIpc) is 2.66. The smallest absolute Gasteiger partial charge is 0.257 e. The van der Waals surface area contributed by atoms with Gasteiger partial charge in [0.15, 0.2) is 5.16 Å². The lowest BCUT2D eigenvalue weighted by molar-refractivity contribution is -0.124. The summed E-state index contributed by atoms with van der Waals surface area (Å²) in [5.41, 5.74) is 1.78. The molecule has 4 rings (SSSR count). The van der Waals surface area contributed by atoms with Gasteiger partial charge in [0.05, 0.1) is 11.5 Å². The second kappa shape index (κ2) is 7.44. The van der Waals surface area contributed by atoms with Gasteiger partial charge in [0, 0.05) is 35.7 Å². The molecule has 1 aliphatic carbocycles. The fourth-order valence-corrected chi connectivity index (χ4v) is 5.01. The molecule has 0 saturated heterocycles. The van der Waals surface area contributed by atoms with Crippen LogP contribution in [0.1, 0.15) is 57.6 Å². The molecule has 0 amide bonds. The van der Waals surface area contributed by atoms with Crippen LogP contribution in [-0.4, -0.2) is 26.0 Å². The van der Waals surface area contributed by atoms with E-state index in [-0.39, 0.29) is 16.8 Å². The molecule has 29 heavy (non-hydrogen) atoms. The zero-order valence-electron chi connectivity index (χ0n) is 17.2. The van der Waals surface area contributed by atoms with Gasteiger partial charge in [-0.05, 0) is 23.5 Å². The first-order valence-electron chi connectivity index (χ1n) is 10.0. The first-order valence-corrected chi connectivity index (χ1v) is 10.9. The van der Waals surface area contributed by atoms with Gasteiger partial charge in [-0.15, -0.1) is 0 Å². The van der Waals surface area contributed by atoms with Crippen molar-refractivity contribution in [2.75, 3.05) is 5.32 Å². The number of nitrogens with one attached hydrogen (secondary N) is 2. The number of H-pyrrole nitrogens is 1. The molecule has 3 heterocycles. The second-order valence-corrected chi connectivity index (χ2v) is 10.00. The van der Waals surface area contributed by atoms with E-state index >= 15 is 0 Å². The van der Waals surface area contributed by atoms with Crippen molar-refractivity contribution in [3.63, 3.8) is 0 Å². The van der Waals surface area contributed by atoms with Crippen molar-refractivity contribution in [3.05, 3.63) is 57.8 Å². The minimum Gasteiger partial charge on any atom is -0.343 e. The number of ketones is 1. The summed E-state index contributed by atoms with van der Waals surface area (Å²) in [6.45, 7) is 8.33. The van der Waals surface area contributed by atoms with Crippen LogP contribution in [0.4, 0.5) is 5.82 Å². The fourth-order valence-electron chi connectivity index (χ4n) is 4.17. The van der Waals surface area contributed by atoms with E-state index in [1.165, 1.54) is 0 Å². The number of fused-ring (bicyclic) bond motifs is 2. The van der Waals surface area contributed by atoms with Crippen LogP contribution in [0.25, 0.3) is 0 Å². The summed E-state index contributed by atoms with van der Waals surface area (Å²) in [7, 11) is 0. The molecule has 2 aromatic rings. The van der Waals surface area contributed by atoms with Gasteiger partial charge in [0.1, 0.15) is 11.6 Å². The lowest BCUT2D eigenvalue weighted by atomic mass is 9.67. The normalized spacial score (nSPS) is 23.4. The van der Waals surface area contributed by atoms with E-state index in [1.54, 1.807) is 24.2 Å². The Hall–Kier alpha value is -2.41. The highest BCUT2D eigenvalue weighted by Gasteiger charge is 2.45. The summed E-state index contributed by atoms with van der Waals surface area (Å²) in [5.74, 6) is -0.136. The number of aromatic nitrogens is 3. The summed E-state index contributed by atoms with van der Waals surface area (Å²) in [5, 5.41) is 4.27. The molecule has 152 valence electrons. The largest absolute Gasteiger partial charge is 0.343 e. The lowest BCUT2D eigenvalue weighted by Gasteiger charge is -2.40. The van der Waals surface area contributed by atoms with Gasteiger partial charge in [-0.1, -0.05) is 51.6 Å². The number of allylic oxidation sites excluding steroid dienone is 2. The number of nitrogens with zero attached hydrogens (tertiary/aromatic N) is 2. The van der Waals surface area contributed by atoms with Crippen LogP contribution in [-0.2, 0) is 4.79 Å². The predicted octanol–water partition coefficient (Wildman–Crippen LogP) is 4.11. The molecule has 2 N–H and O–H groups in total. The Kier molecular flexibility index (Phi) is 5.11. The molecule has 0 aromatic carbocycles. The number of pyridine rings is 1. The SMILES string of the molecule is CC[C@@H](C)Sc1nc2c(c(=O)[nH]1)[C@@H](c1cccnc1)[C@@H]1C(=O)CC(C)(C)C=C1N2. The van der Waals surface area contributed by atoms with Crippen molar-refractivity contribution in [1.29, 1.82) is 0 Å². The summed E-state index contributed by atoms with van der Waals surface area (Å²) < 4.78 is 0. The van der Waals surface area contributed by atoms with Gasteiger partial charge in [-0.2, -0.15) is 0 Å². The monoisotopic (exact) mass is 410 g/mol. The zero-order valence-corrected chi connectivity index (χ0v) is 18.0. The van der Waals surface area contributed by atoms with E-state index in [1.807, 2.05) is 12.1 Å². The molecular formula is C22H26N4O2S. The van der Waals surface area contributed by atoms with Crippen molar-refractivity contribution in [3.8, 4) is 0 Å². The summed E-state index contributed by atoms with van der Waals surface area (Å²) in [4.78, 5) is 38.2. The van der Waals surface area contributed by atoms with E-state index in [2.05, 4.69) is 49.1 Å². The lowest BCUT2D eigenvalue weighted by Crippen LogP contribution is -2.41. The Morgan fingerprint density at radius 2 is 2.10 bits per heavy atom. The molecule has 1 aliphatic heterocycles. The van der Waals surface area contributed by atoms with Crippen LogP contribution < -0.4 is 10.9 Å². The highest BCUT2D eigenvalue weighted by Crippen LogP contribution is 2.47. The topological polar surface area (TPSA) is 87.7 Å². The molecule has 0 fully saturated rings.